The molecule has 0 heterocycles. The molecule has 112 valence electrons. The maximum atomic E-state index is 12.5. The first-order valence-corrected chi connectivity index (χ1v) is 8.45. The number of rotatable bonds is 5. The molecule has 3 nitrogen and oxygen atoms in total. The Morgan fingerprint density at radius 3 is 2.48 bits per heavy atom. The minimum atomic E-state index is -3.89. The molecule has 0 amide bonds. The van der Waals surface area contributed by atoms with Crippen LogP contribution in [0.5, 0.6) is 0 Å². The normalized spacial score (nSPS) is 11.6. The van der Waals surface area contributed by atoms with Crippen LogP contribution in [0.3, 0.4) is 0 Å². The topological polar surface area (TPSA) is 46.2 Å². The van der Waals surface area contributed by atoms with Crippen LogP contribution in [-0.4, -0.2) is 14.2 Å². The highest BCUT2D eigenvalue weighted by Gasteiger charge is 2.17. The summed E-state index contributed by atoms with van der Waals surface area (Å²) < 4.78 is 51.7. The molecular formula is C13H10ClF2NO2S2. The van der Waals surface area contributed by atoms with Crippen molar-refractivity contribution in [2.24, 2.45) is 0 Å². The molecule has 2 rings (SSSR count). The van der Waals surface area contributed by atoms with E-state index in [9.17, 15) is 17.2 Å². The first-order valence-electron chi connectivity index (χ1n) is 5.71. The molecule has 8 heteroatoms. The Balaban J connectivity index is 2.33. The van der Waals surface area contributed by atoms with Crippen LogP contribution in [0.2, 0.25) is 5.02 Å². The average Bonchev–Trinajstić information content (AvgIpc) is 2.40. The maximum Gasteiger partial charge on any atom is 0.288 e. The predicted octanol–water partition coefficient (Wildman–Crippen LogP) is 4.46. The summed E-state index contributed by atoms with van der Waals surface area (Å²) >= 11 is 6.04. The zero-order valence-corrected chi connectivity index (χ0v) is 12.9. The fourth-order valence-electron chi connectivity index (χ4n) is 1.59. The van der Waals surface area contributed by atoms with Gasteiger partial charge in [0.25, 0.3) is 15.8 Å². The summed E-state index contributed by atoms with van der Waals surface area (Å²) in [5.74, 6) is -2.64. The van der Waals surface area contributed by atoms with Crippen LogP contribution in [-0.2, 0) is 10.0 Å². The number of hydrogen-bond donors (Lipinski definition) is 1. The lowest BCUT2D eigenvalue weighted by atomic mass is 10.3. The molecule has 0 aliphatic rings. The first kappa shape index (κ1) is 16.1. The highest BCUT2D eigenvalue weighted by molar-refractivity contribution is 7.99. The number of sulfonamides is 1. The second kappa shape index (κ2) is 6.64. The number of alkyl halides is 2. The van der Waals surface area contributed by atoms with Gasteiger partial charge in [0.15, 0.2) is 0 Å². The molecule has 0 spiro atoms. The second-order valence-corrected chi connectivity index (χ2v) is 7.09. The predicted molar refractivity (Wildman–Crippen MR) is 80.6 cm³/mol. The second-order valence-electron chi connectivity index (χ2n) is 3.94. The minimum absolute atomic E-state index is 0.0353. The summed E-state index contributed by atoms with van der Waals surface area (Å²) in [4.78, 5) is 0.116. The van der Waals surface area contributed by atoms with Gasteiger partial charge in [0.2, 0.25) is 0 Å². The summed E-state index contributed by atoms with van der Waals surface area (Å²) in [7, 11) is -3.89. The monoisotopic (exact) mass is 349 g/mol. The van der Waals surface area contributed by atoms with Gasteiger partial charge in [-0.3, -0.25) is 4.72 Å². The SMILES string of the molecule is O=S(=O)(Nc1ccccc1SC(F)F)c1cccc(Cl)c1. The minimum Gasteiger partial charge on any atom is -0.278 e. The van der Waals surface area contributed by atoms with Crippen molar-refractivity contribution < 1.29 is 17.2 Å². The Hall–Kier alpha value is -1.31. The van der Waals surface area contributed by atoms with Crippen LogP contribution in [0.15, 0.2) is 58.3 Å². The number of para-hydroxylation sites is 1. The molecule has 0 fully saturated rings. The number of benzene rings is 2. The highest BCUT2D eigenvalue weighted by atomic mass is 35.5. The van der Waals surface area contributed by atoms with E-state index in [0.717, 1.165) is 0 Å². The summed E-state index contributed by atoms with van der Waals surface area (Å²) in [5.41, 5.74) is 0.0998. The Morgan fingerprint density at radius 2 is 1.81 bits per heavy atom. The standard InChI is InChI=1S/C13H10ClF2NO2S2/c14-9-4-3-5-10(8-9)21(18,19)17-11-6-1-2-7-12(11)20-13(15)16/h1-8,13,17H. The molecule has 0 aliphatic carbocycles. The number of hydrogen-bond acceptors (Lipinski definition) is 3. The zero-order valence-electron chi connectivity index (χ0n) is 10.5. The van der Waals surface area contributed by atoms with Gasteiger partial charge in [-0.1, -0.05) is 41.6 Å². The van der Waals surface area contributed by atoms with Gasteiger partial charge in [0.05, 0.1) is 10.6 Å². The van der Waals surface area contributed by atoms with E-state index in [1.54, 1.807) is 18.2 Å². The van der Waals surface area contributed by atoms with Crippen LogP contribution in [0.25, 0.3) is 0 Å². The van der Waals surface area contributed by atoms with E-state index in [-0.39, 0.29) is 32.3 Å². The van der Waals surface area contributed by atoms with Crippen molar-refractivity contribution in [3.8, 4) is 0 Å². The quantitative estimate of drug-likeness (QED) is 0.811. The van der Waals surface area contributed by atoms with E-state index in [1.807, 2.05) is 0 Å². The molecule has 0 saturated heterocycles. The fourth-order valence-corrected chi connectivity index (χ4v) is 3.63. The van der Waals surface area contributed by atoms with Gasteiger partial charge in [0.1, 0.15) is 0 Å². The third kappa shape index (κ3) is 4.33. The number of nitrogens with one attached hydrogen (secondary N) is 1. The molecule has 0 atom stereocenters. The summed E-state index contributed by atoms with van der Waals surface area (Å²) in [6, 6.07) is 11.7. The number of halogens is 3. The molecule has 0 aliphatic heterocycles. The van der Waals surface area contributed by atoms with Crippen molar-refractivity contribution in [2.75, 3.05) is 4.72 Å². The van der Waals surface area contributed by atoms with Crippen LogP contribution in [0.1, 0.15) is 0 Å². The van der Waals surface area contributed by atoms with Gasteiger partial charge in [-0.25, -0.2) is 8.42 Å². The smallest absolute Gasteiger partial charge is 0.278 e. The molecular weight excluding hydrogens is 340 g/mol. The van der Waals surface area contributed by atoms with Crippen LogP contribution >= 0.6 is 23.4 Å². The third-order valence-corrected chi connectivity index (χ3v) is 4.84. The van der Waals surface area contributed by atoms with Gasteiger partial charge in [-0.05, 0) is 30.3 Å². The Labute approximate surface area is 130 Å². The zero-order chi connectivity index (χ0) is 15.5. The van der Waals surface area contributed by atoms with Crippen molar-refractivity contribution in [1.29, 1.82) is 0 Å². The average molecular weight is 350 g/mol. The van der Waals surface area contributed by atoms with Gasteiger partial charge < -0.3 is 0 Å². The van der Waals surface area contributed by atoms with Gasteiger partial charge in [0, 0.05) is 9.92 Å². The van der Waals surface area contributed by atoms with E-state index in [2.05, 4.69) is 4.72 Å². The molecule has 0 bridgehead atoms. The van der Waals surface area contributed by atoms with Crippen LogP contribution in [0.4, 0.5) is 14.5 Å². The Kier molecular flexibility index (Phi) is 5.08. The lowest BCUT2D eigenvalue weighted by Crippen LogP contribution is -2.13. The third-order valence-electron chi connectivity index (χ3n) is 2.45. The van der Waals surface area contributed by atoms with Gasteiger partial charge >= 0.3 is 0 Å². The molecule has 0 radical (unpaired) electrons. The Morgan fingerprint density at radius 1 is 1.10 bits per heavy atom. The van der Waals surface area contributed by atoms with Crippen LogP contribution < -0.4 is 4.72 Å². The Bertz CT molecular complexity index is 738. The largest absolute Gasteiger partial charge is 0.288 e. The summed E-state index contributed by atoms with van der Waals surface area (Å²) in [6.07, 6.45) is 0. The fraction of sp³-hybridized carbons (Fsp3) is 0.0769. The number of anilines is 1. The van der Waals surface area contributed by atoms with Crippen molar-refractivity contribution in [3.63, 3.8) is 0 Å². The summed E-state index contributed by atoms with van der Waals surface area (Å²) in [6.45, 7) is 0. The lowest BCUT2D eigenvalue weighted by Gasteiger charge is -2.12. The summed E-state index contributed by atoms with van der Waals surface area (Å²) in [5, 5.41) is 0.271. The van der Waals surface area contributed by atoms with Crippen molar-refractivity contribution in [3.05, 3.63) is 53.6 Å². The molecule has 2 aromatic carbocycles. The maximum absolute atomic E-state index is 12.5. The number of thioether (sulfide) groups is 1. The molecule has 21 heavy (non-hydrogen) atoms. The molecule has 1 N–H and O–H groups in total. The molecule has 0 unspecified atom stereocenters. The highest BCUT2D eigenvalue weighted by Crippen LogP contribution is 2.33. The van der Waals surface area contributed by atoms with E-state index in [0.29, 0.717) is 0 Å². The van der Waals surface area contributed by atoms with E-state index in [1.165, 1.54) is 30.3 Å². The molecule has 0 saturated carbocycles. The van der Waals surface area contributed by atoms with E-state index in [4.69, 9.17) is 11.6 Å². The van der Waals surface area contributed by atoms with Gasteiger partial charge in [-0.15, -0.1) is 0 Å². The van der Waals surface area contributed by atoms with Crippen molar-refractivity contribution in [2.45, 2.75) is 15.5 Å². The van der Waals surface area contributed by atoms with Gasteiger partial charge in [-0.2, -0.15) is 8.78 Å². The lowest BCUT2D eigenvalue weighted by molar-refractivity contribution is 0.252. The van der Waals surface area contributed by atoms with E-state index < -0.39 is 15.8 Å². The van der Waals surface area contributed by atoms with Crippen molar-refractivity contribution in [1.82, 2.24) is 0 Å². The van der Waals surface area contributed by atoms with E-state index >= 15 is 0 Å². The molecule has 2 aromatic rings. The van der Waals surface area contributed by atoms with Crippen molar-refractivity contribution >= 4 is 39.1 Å². The first-order chi connectivity index (χ1) is 9.88. The van der Waals surface area contributed by atoms with Crippen LogP contribution in [0, 0.1) is 0 Å². The molecule has 0 aromatic heterocycles.